The minimum Gasteiger partial charge on any atom is -0.318 e. The third kappa shape index (κ3) is 1.56. The summed E-state index contributed by atoms with van der Waals surface area (Å²) in [6.07, 6.45) is 1.76. The smallest absolute Gasteiger partial charge is 0.250 e. The van der Waals surface area contributed by atoms with Gasteiger partial charge < -0.3 is 9.13 Å². The summed E-state index contributed by atoms with van der Waals surface area (Å²) in [6.45, 7) is 1.89. The second-order valence-electron chi connectivity index (χ2n) is 3.50. The van der Waals surface area contributed by atoms with Gasteiger partial charge in [-0.2, -0.15) is 0 Å². The quantitative estimate of drug-likeness (QED) is 0.679. The van der Waals surface area contributed by atoms with Crippen molar-refractivity contribution in [2.75, 3.05) is 0 Å². The van der Waals surface area contributed by atoms with Crippen LogP contribution in [-0.4, -0.2) is 19.3 Å². The zero-order valence-electron chi connectivity index (χ0n) is 8.93. The topological polar surface area (TPSA) is 52.7 Å². The van der Waals surface area contributed by atoms with Crippen LogP contribution in [0.1, 0.15) is 5.82 Å². The molecule has 5 heteroatoms. The zero-order chi connectivity index (χ0) is 11.0. The molecule has 0 amide bonds. The minimum absolute atomic E-state index is 0.0300. The molecule has 0 aromatic carbocycles. The molecule has 2 heterocycles. The van der Waals surface area contributed by atoms with Crippen LogP contribution in [0.3, 0.4) is 0 Å². The molecule has 0 radical (unpaired) electrons. The molecule has 0 aliphatic rings. The first-order chi connectivity index (χ1) is 7.09. The first-order valence-corrected chi connectivity index (χ1v) is 4.62. The number of aromatic nitrogens is 4. The molecule has 0 saturated carbocycles. The molecule has 15 heavy (non-hydrogen) atoms. The molecule has 2 rings (SSSR count). The SMILES string of the molecule is Cc1nnc(-c2ccc(=O)n(C)c2)n1C. The van der Waals surface area contributed by atoms with Crippen molar-refractivity contribution in [3.8, 4) is 11.4 Å². The van der Waals surface area contributed by atoms with E-state index in [1.807, 2.05) is 18.5 Å². The third-order valence-corrected chi connectivity index (χ3v) is 2.44. The Morgan fingerprint density at radius 3 is 2.47 bits per heavy atom. The van der Waals surface area contributed by atoms with Crippen molar-refractivity contribution < 1.29 is 0 Å². The standard InChI is InChI=1S/C10H12N4O/c1-7-11-12-10(14(7)3)8-4-5-9(15)13(2)6-8/h4-6H,1-3H3. The molecule has 0 aliphatic heterocycles. The molecule has 0 spiro atoms. The van der Waals surface area contributed by atoms with Gasteiger partial charge in [0.1, 0.15) is 5.82 Å². The van der Waals surface area contributed by atoms with E-state index in [1.54, 1.807) is 19.3 Å². The van der Waals surface area contributed by atoms with Crippen molar-refractivity contribution in [1.29, 1.82) is 0 Å². The summed E-state index contributed by atoms with van der Waals surface area (Å²) in [5.74, 6) is 1.61. The number of pyridine rings is 1. The highest BCUT2D eigenvalue weighted by molar-refractivity contribution is 5.53. The van der Waals surface area contributed by atoms with E-state index in [2.05, 4.69) is 10.2 Å². The Hall–Kier alpha value is -1.91. The summed E-state index contributed by atoms with van der Waals surface area (Å²) in [4.78, 5) is 11.2. The summed E-state index contributed by atoms with van der Waals surface area (Å²) < 4.78 is 3.42. The van der Waals surface area contributed by atoms with Gasteiger partial charge in [-0.3, -0.25) is 4.79 Å². The fourth-order valence-electron chi connectivity index (χ4n) is 1.38. The molecule has 2 aromatic heterocycles. The molecule has 0 bridgehead atoms. The Balaban J connectivity index is 2.59. The van der Waals surface area contributed by atoms with E-state index in [-0.39, 0.29) is 5.56 Å². The second-order valence-corrected chi connectivity index (χ2v) is 3.50. The van der Waals surface area contributed by atoms with E-state index in [0.717, 1.165) is 17.2 Å². The van der Waals surface area contributed by atoms with Crippen molar-refractivity contribution >= 4 is 0 Å². The highest BCUT2D eigenvalue weighted by Gasteiger charge is 2.07. The van der Waals surface area contributed by atoms with Crippen LogP contribution in [0, 0.1) is 6.92 Å². The van der Waals surface area contributed by atoms with Gasteiger partial charge in [-0.05, 0) is 13.0 Å². The average Bonchev–Trinajstić information content (AvgIpc) is 2.53. The lowest BCUT2D eigenvalue weighted by Gasteiger charge is -2.03. The first-order valence-electron chi connectivity index (χ1n) is 4.62. The van der Waals surface area contributed by atoms with Crippen molar-refractivity contribution in [2.24, 2.45) is 14.1 Å². The molecular formula is C10H12N4O. The summed E-state index contributed by atoms with van der Waals surface area (Å²) in [7, 11) is 3.62. The summed E-state index contributed by atoms with van der Waals surface area (Å²) in [6, 6.07) is 3.28. The summed E-state index contributed by atoms with van der Waals surface area (Å²) in [5.41, 5.74) is 0.859. The highest BCUT2D eigenvalue weighted by Crippen LogP contribution is 2.14. The molecule has 0 atom stereocenters. The highest BCUT2D eigenvalue weighted by atomic mass is 16.1. The van der Waals surface area contributed by atoms with Crippen LogP contribution < -0.4 is 5.56 Å². The van der Waals surface area contributed by atoms with Gasteiger partial charge in [0.15, 0.2) is 5.82 Å². The Morgan fingerprint density at radius 1 is 1.20 bits per heavy atom. The Labute approximate surface area is 87.0 Å². The van der Waals surface area contributed by atoms with Crippen LogP contribution in [0.15, 0.2) is 23.1 Å². The summed E-state index contributed by atoms with van der Waals surface area (Å²) in [5, 5.41) is 8.02. The molecule has 2 aromatic rings. The van der Waals surface area contributed by atoms with E-state index in [0.29, 0.717) is 0 Å². The Morgan fingerprint density at radius 2 is 1.93 bits per heavy atom. The molecule has 0 N–H and O–H groups in total. The number of nitrogens with zero attached hydrogens (tertiary/aromatic N) is 4. The third-order valence-electron chi connectivity index (χ3n) is 2.44. The van der Waals surface area contributed by atoms with Crippen molar-refractivity contribution in [3.05, 3.63) is 34.5 Å². The van der Waals surface area contributed by atoms with E-state index in [1.165, 1.54) is 10.6 Å². The normalized spacial score (nSPS) is 10.6. The fraction of sp³-hybridized carbons (Fsp3) is 0.300. The van der Waals surface area contributed by atoms with Crippen LogP contribution in [0.2, 0.25) is 0 Å². The van der Waals surface area contributed by atoms with Gasteiger partial charge in [0.05, 0.1) is 0 Å². The lowest BCUT2D eigenvalue weighted by molar-refractivity contribution is 0.844. The van der Waals surface area contributed by atoms with Gasteiger partial charge in [-0.15, -0.1) is 10.2 Å². The molecule has 0 fully saturated rings. The molecule has 5 nitrogen and oxygen atoms in total. The maximum atomic E-state index is 11.2. The Kier molecular flexibility index (Phi) is 2.15. The van der Waals surface area contributed by atoms with Crippen LogP contribution in [0.25, 0.3) is 11.4 Å². The monoisotopic (exact) mass is 204 g/mol. The predicted octanol–water partition coefficient (Wildman–Crippen LogP) is 0.489. The van der Waals surface area contributed by atoms with Gasteiger partial charge in [-0.25, -0.2) is 0 Å². The average molecular weight is 204 g/mol. The second kappa shape index (κ2) is 3.34. The molecule has 0 saturated heterocycles. The molecule has 0 aliphatic carbocycles. The minimum atomic E-state index is -0.0300. The van der Waals surface area contributed by atoms with Gasteiger partial charge >= 0.3 is 0 Å². The summed E-state index contributed by atoms with van der Waals surface area (Å²) >= 11 is 0. The van der Waals surface area contributed by atoms with Crippen LogP contribution in [-0.2, 0) is 14.1 Å². The maximum absolute atomic E-state index is 11.2. The number of hydrogen-bond donors (Lipinski definition) is 0. The lowest BCUT2D eigenvalue weighted by Crippen LogP contribution is -2.14. The number of hydrogen-bond acceptors (Lipinski definition) is 3. The van der Waals surface area contributed by atoms with Crippen LogP contribution >= 0.6 is 0 Å². The van der Waals surface area contributed by atoms with E-state index in [4.69, 9.17) is 0 Å². The van der Waals surface area contributed by atoms with Crippen molar-refractivity contribution in [1.82, 2.24) is 19.3 Å². The zero-order valence-corrected chi connectivity index (χ0v) is 8.93. The lowest BCUT2D eigenvalue weighted by atomic mass is 10.2. The largest absolute Gasteiger partial charge is 0.318 e. The molecule has 0 unspecified atom stereocenters. The van der Waals surface area contributed by atoms with Crippen molar-refractivity contribution in [3.63, 3.8) is 0 Å². The van der Waals surface area contributed by atoms with Gasteiger partial charge in [0.25, 0.3) is 0 Å². The fourth-order valence-corrected chi connectivity index (χ4v) is 1.38. The van der Waals surface area contributed by atoms with E-state index < -0.39 is 0 Å². The van der Waals surface area contributed by atoms with Gasteiger partial charge in [0.2, 0.25) is 5.56 Å². The van der Waals surface area contributed by atoms with Crippen LogP contribution in [0.4, 0.5) is 0 Å². The number of aryl methyl sites for hydroxylation is 2. The maximum Gasteiger partial charge on any atom is 0.250 e. The van der Waals surface area contributed by atoms with Crippen molar-refractivity contribution in [2.45, 2.75) is 6.92 Å². The van der Waals surface area contributed by atoms with Crippen LogP contribution in [0.5, 0.6) is 0 Å². The number of rotatable bonds is 1. The Bertz CT molecular complexity index is 553. The van der Waals surface area contributed by atoms with Gasteiger partial charge in [0, 0.05) is 31.9 Å². The van der Waals surface area contributed by atoms with E-state index >= 15 is 0 Å². The molecule has 78 valence electrons. The molecular weight excluding hydrogens is 192 g/mol. The van der Waals surface area contributed by atoms with E-state index in [9.17, 15) is 4.79 Å². The van der Waals surface area contributed by atoms with Gasteiger partial charge in [-0.1, -0.05) is 0 Å². The predicted molar refractivity (Wildman–Crippen MR) is 56.4 cm³/mol. The first kappa shape index (κ1) is 9.64.